The first kappa shape index (κ1) is 31.9. The number of aromatic hydroxyl groups is 2. The molecule has 0 bridgehead atoms. The average Bonchev–Trinajstić information content (AvgIpc) is 3.05. The second-order valence-electron chi connectivity index (χ2n) is 9.69. The lowest BCUT2D eigenvalue weighted by molar-refractivity contribution is 0.477. The van der Waals surface area contributed by atoms with Crippen molar-refractivity contribution in [2.24, 2.45) is 43.4 Å². The standard InChI is InChI=1S/C30H40N12O2/c31-9-13-35-19-1-5-21(6-2-19)39-41-25-17-23(37-15-11-33)28-27(29(25)43)24(38-16-12-34)18-26(30(28)44)42-40-22-7-3-20(4-8-22)36-14-10-32/h1-8,17-18,35-38,43-44H,9-16,31-34H2. The summed E-state index contributed by atoms with van der Waals surface area (Å²) < 4.78 is 0. The zero-order chi connectivity index (χ0) is 31.3. The molecule has 0 amide bonds. The van der Waals surface area contributed by atoms with Crippen LogP contribution >= 0.6 is 0 Å². The fourth-order valence-electron chi connectivity index (χ4n) is 4.36. The Balaban J connectivity index is 1.76. The van der Waals surface area contributed by atoms with Crippen LogP contribution < -0.4 is 44.2 Å². The van der Waals surface area contributed by atoms with Crippen molar-refractivity contribution in [3.05, 3.63) is 60.7 Å². The molecule has 0 aliphatic heterocycles. The number of nitrogens with one attached hydrogen (secondary N) is 4. The maximum Gasteiger partial charge on any atom is 0.153 e. The highest BCUT2D eigenvalue weighted by atomic mass is 16.3. The summed E-state index contributed by atoms with van der Waals surface area (Å²) in [6.45, 7) is 3.81. The minimum Gasteiger partial charge on any atom is -0.505 e. The van der Waals surface area contributed by atoms with E-state index in [1.807, 2.05) is 24.3 Å². The van der Waals surface area contributed by atoms with E-state index in [2.05, 4.69) is 41.7 Å². The van der Waals surface area contributed by atoms with Crippen LogP contribution in [0.15, 0.2) is 81.1 Å². The van der Waals surface area contributed by atoms with Crippen LogP contribution in [-0.2, 0) is 0 Å². The maximum atomic E-state index is 11.4. The molecular formula is C30H40N12O2. The normalized spacial score (nSPS) is 11.5. The first-order valence-electron chi connectivity index (χ1n) is 14.3. The van der Waals surface area contributed by atoms with Gasteiger partial charge in [0, 0.05) is 75.1 Å². The van der Waals surface area contributed by atoms with E-state index in [1.165, 1.54) is 0 Å². The summed E-state index contributed by atoms with van der Waals surface area (Å²) in [7, 11) is 0. The zero-order valence-electron chi connectivity index (χ0n) is 24.4. The molecule has 0 saturated carbocycles. The number of phenolic OH excluding ortho intramolecular Hbond substituents is 2. The highest BCUT2D eigenvalue weighted by Crippen LogP contribution is 2.50. The lowest BCUT2D eigenvalue weighted by atomic mass is 10.0. The summed E-state index contributed by atoms with van der Waals surface area (Å²) in [4.78, 5) is 0. The lowest BCUT2D eigenvalue weighted by Gasteiger charge is -2.18. The Hall–Kier alpha value is -5.02. The van der Waals surface area contributed by atoms with Gasteiger partial charge >= 0.3 is 0 Å². The molecule has 0 radical (unpaired) electrons. The Morgan fingerprint density at radius 3 is 1.16 bits per heavy atom. The molecule has 0 fully saturated rings. The Morgan fingerprint density at radius 1 is 0.477 bits per heavy atom. The first-order valence-corrected chi connectivity index (χ1v) is 14.3. The lowest BCUT2D eigenvalue weighted by Crippen LogP contribution is -2.14. The van der Waals surface area contributed by atoms with Crippen molar-refractivity contribution >= 4 is 56.3 Å². The molecule has 0 saturated heterocycles. The molecule has 0 aliphatic carbocycles. The van der Waals surface area contributed by atoms with E-state index in [4.69, 9.17) is 22.9 Å². The molecule has 44 heavy (non-hydrogen) atoms. The van der Waals surface area contributed by atoms with E-state index in [0.717, 1.165) is 11.4 Å². The van der Waals surface area contributed by atoms with Crippen LogP contribution in [0, 0.1) is 0 Å². The average molecular weight is 601 g/mol. The second kappa shape index (κ2) is 16.0. The summed E-state index contributed by atoms with van der Waals surface area (Å²) in [6, 6.07) is 17.9. The number of phenols is 2. The van der Waals surface area contributed by atoms with Gasteiger partial charge in [0.25, 0.3) is 0 Å². The molecular weight excluding hydrogens is 560 g/mol. The Kier molecular flexibility index (Phi) is 11.6. The summed E-state index contributed by atoms with van der Waals surface area (Å²) in [5.41, 5.74) is 27.0. The number of benzene rings is 4. The molecule has 0 unspecified atom stereocenters. The number of azo groups is 2. The van der Waals surface area contributed by atoms with Gasteiger partial charge in [-0.25, -0.2) is 0 Å². The highest BCUT2D eigenvalue weighted by molar-refractivity contribution is 6.13. The zero-order valence-corrected chi connectivity index (χ0v) is 24.4. The molecule has 0 spiro atoms. The fourth-order valence-corrected chi connectivity index (χ4v) is 4.36. The van der Waals surface area contributed by atoms with Crippen LogP contribution in [-0.4, -0.2) is 62.6 Å². The molecule has 4 rings (SSSR count). The van der Waals surface area contributed by atoms with Crippen molar-refractivity contribution in [3.8, 4) is 11.5 Å². The number of fused-ring (bicyclic) bond motifs is 1. The van der Waals surface area contributed by atoms with E-state index in [0.29, 0.717) is 85.9 Å². The summed E-state index contributed by atoms with van der Waals surface area (Å²) >= 11 is 0. The van der Waals surface area contributed by atoms with Gasteiger partial charge in [-0.2, -0.15) is 10.2 Å². The van der Waals surface area contributed by atoms with Crippen LogP contribution in [0.2, 0.25) is 0 Å². The molecule has 0 heterocycles. The number of nitrogens with zero attached hydrogens (tertiary/aromatic N) is 4. The topological polar surface area (TPSA) is 242 Å². The van der Waals surface area contributed by atoms with Crippen molar-refractivity contribution in [2.75, 3.05) is 73.6 Å². The SMILES string of the molecule is NCCNc1ccc(N=Nc2cc(NCCN)c3c(O)c(N=Nc4ccc(NCCN)cc4)cc(NCCN)c3c2O)cc1. The quantitative estimate of drug-likeness (QED) is 0.0634. The molecule has 0 aliphatic rings. The molecule has 0 aromatic heterocycles. The smallest absolute Gasteiger partial charge is 0.153 e. The van der Waals surface area contributed by atoms with Gasteiger partial charge in [-0.05, 0) is 60.7 Å². The molecule has 14 nitrogen and oxygen atoms in total. The van der Waals surface area contributed by atoms with Crippen molar-refractivity contribution < 1.29 is 10.2 Å². The molecule has 14 N–H and O–H groups in total. The van der Waals surface area contributed by atoms with Gasteiger partial charge in [0.1, 0.15) is 11.4 Å². The van der Waals surface area contributed by atoms with E-state index in [9.17, 15) is 10.2 Å². The fraction of sp³-hybridized carbons (Fsp3) is 0.267. The number of hydrogen-bond acceptors (Lipinski definition) is 14. The molecule has 232 valence electrons. The molecule has 4 aromatic rings. The third-order valence-corrected chi connectivity index (χ3v) is 6.46. The second-order valence-corrected chi connectivity index (χ2v) is 9.69. The van der Waals surface area contributed by atoms with E-state index in [-0.39, 0.29) is 22.9 Å². The van der Waals surface area contributed by atoms with Crippen molar-refractivity contribution in [3.63, 3.8) is 0 Å². The van der Waals surface area contributed by atoms with Gasteiger partial charge in [-0.15, -0.1) is 10.2 Å². The Morgan fingerprint density at radius 2 is 0.818 bits per heavy atom. The minimum absolute atomic E-state index is 0.179. The van der Waals surface area contributed by atoms with Gasteiger partial charge in [-0.3, -0.25) is 0 Å². The van der Waals surface area contributed by atoms with Gasteiger partial charge in [0.2, 0.25) is 0 Å². The van der Waals surface area contributed by atoms with Gasteiger partial charge in [0.15, 0.2) is 11.5 Å². The minimum atomic E-state index is -0.179. The largest absolute Gasteiger partial charge is 0.505 e. The Labute approximate surface area is 255 Å². The number of hydrogen-bond donors (Lipinski definition) is 10. The third kappa shape index (κ3) is 8.08. The van der Waals surface area contributed by atoms with E-state index < -0.39 is 0 Å². The van der Waals surface area contributed by atoms with Crippen molar-refractivity contribution in [2.45, 2.75) is 0 Å². The number of anilines is 4. The van der Waals surface area contributed by atoms with Gasteiger partial charge in [0.05, 0.1) is 22.1 Å². The number of rotatable bonds is 16. The van der Waals surface area contributed by atoms with Crippen LogP contribution in [0.25, 0.3) is 10.8 Å². The summed E-state index contributed by atoms with van der Waals surface area (Å²) in [6.07, 6.45) is 0. The first-order chi connectivity index (χ1) is 21.5. The van der Waals surface area contributed by atoms with Crippen molar-refractivity contribution in [1.82, 2.24) is 0 Å². The van der Waals surface area contributed by atoms with Crippen LogP contribution in [0.3, 0.4) is 0 Å². The summed E-state index contributed by atoms with van der Waals surface area (Å²) in [5.74, 6) is -0.357. The molecule has 0 atom stereocenters. The van der Waals surface area contributed by atoms with Crippen LogP contribution in [0.4, 0.5) is 45.5 Å². The van der Waals surface area contributed by atoms with Gasteiger partial charge in [-0.1, -0.05) is 0 Å². The van der Waals surface area contributed by atoms with Crippen LogP contribution in [0.1, 0.15) is 0 Å². The molecule has 14 heteroatoms. The van der Waals surface area contributed by atoms with Crippen LogP contribution in [0.5, 0.6) is 11.5 Å². The highest BCUT2D eigenvalue weighted by Gasteiger charge is 2.21. The van der Waals surface area contributed by atoms with E-state index in [1.54, 1.807) is 36.4 Å². The monoisotopic (exact) mass is 600 g/mol. The maximum absolute atomic E-state index is 11.4. The van der Waals surface area contributed by atoms with E-state index >= 15 is 0 Å². The predicted molar refractivity (Wildman–Crippen MR) is 179 cm³/mol. The van der Waals surface area contributed by atoms with Crippen molar-refractivity contribution in [1.29, 1.82) is 0 Å². The number of nitrogens with two attached hydrogens (primary N) is 4. The summed E-state index contributed by atoms with van der Waals surface area (Å²) in [5, 5.41) is 53.6. The van der Waals surface area contributed by atoms with Gasteiger partial charge < -0.3 is 54.4 Å². The third-order valence-electron chi connectivity index (χ3n) is 6.46. The molecule has 4 aromatic carbocycles. The Bertz CT molecular complexity index is 1460. The predicted octanol–water partition coefficient (Wildman–Crippen LogP) is 4.56.